The number of nitrogens with zero attached hydrogens (tertiary/aromatic N) is 3. The first-order chi connectivity index (χ1) is 16.0. The number of halogens is 2. The van der Waals surface area contributed by atoms with Gasteiger partial charge in [0.1, 0.15) is 11.9 Å². The van der Waals surface area contributed by atoms with E-state index in [9.17, 15) is 13.6 Å². The van der Waals surface area contributed by atoms with Crippen LogP contribution in [0.4, 0.5) is 14.5 Å². The van der Waals surface area contributed by atoms with Gasteiger partial charge in [0.15, 0.2) is 6.61 Å². The first kappa shape index (κ1) is 22.5. The van der Waals surface area contributed by atoms with Crippen LogP contribution >= 0.6 is 0 Å². The third-order valence-corrected chi connectivity index (χ3v) is 5.28. The molecule has 2 aromatic heterocycles. The number of carbonyl (C=O) groups excluding carboxylic acids is 1. The quantitative estimate of drug-likeness (QED) is 0.521. The van der Waals surface area contributed by atoms with E-state index < -0.39 is 13.0 Å². The fraction of sp³-hybridized carbons (Fsp3) is 0.348. The molecule has 4 rings (SSSR count). The molecular formula is C23H24F2N4O4. The number of pyridine rings is 1. The van der Waals surface area contributed by atoms with Crippen LogP contribution in [-0.4, -0.2) is 48.3 Å². The topological polar surface area (TPSA) is 89.7 Å². The Bertz CT molecular complexity index is 1050. The summed E-state index contributed by atoms with van der Waals surface area (Å²) >= 11 is 0. The van der Waals surface area contributed by atoms with Gasteiger partial charge in [0.25, 0.3) is 12.3 Å². The van der Waals surface area contributed by atoms with Crippen molar-refractivity contribution in [1.29, 1.82) is 0 Å². The lowest BCUT2D eigenvalue weighted by Gasteiger charge is -2.20. The molecule has 1 saturated heterocycles. The summed E-state index contributed by atoms with van der Waals surface area (Å²) in [7, 11) is 0. The Morgan fingerprint density at radius 3 is 2.79 bits per heavy atom. The number of hydrogen-bond donors (Lipinski definition) is 1. The summed E-state index contributed by atoms with van der Waals surface area (Å²) in [6.45, 7) is 2.63. The molecule has 0 bridgehead atoms. The van der Waals surface area contributed by atoms with Crippen molar-refractivity contribution in [3.63, 3.8) is 0 Å². The van der Waals surface area contributed by atoms with E-state index >= 15 is 0 Å². The molecule has 33 heavy (non-hydrogen) atoms. The second-order valence-corrected chi connectivity index (χ2v) is 7.67. The van der Waals surface area contributed by atoms with Crippen molar-refractivity contribution in [3.8, 4) is 11.6 Å². The maximum absolute atomic E-state index is 12.4. The Morgan fingerprint density at radius 1 is 1.24 bits per heavy atom. The van der Waals surface area contributed by atoms with Crippen molar-refractivity contribution < 1.29 is 27.6 Å². The predicted octanol–water partition coefficient (Wildman–Crippen LogP) is 3.86. The van der Waals surface area contributed by atoms with Crippen LogP contribution in [0.25, 0.3) is 0 Å². The molecule has 2 atom stereocenters. The van der Waals surface area contributed by atoms with Crippen LogP contribution < -0.4 is 19.7 Å². The first-order valence-corrected chi connectivity index (χ1v) is 10.6. The third-order valence-electron chi connectivity index (χ3n) is 5.28. The second kappa shape index (κ2) is 10.3. The maximum Gasteiger partial charge on any atom is 0.290 e. The largest absolute Gasteiger partial charge is 0.489 e. The van der Waals surface area contributed by atoms with E-state index in [2.05, 4.69) is 20.4 Å². The Morgan fingerprint density at radius 2 is 2.06 bits per heavy atom. The van der Waals surface area contributed by atoms with Crippen molar-refractivity contribution in [2.24, 2.45) is 0 Å². The molecule has 1 aliphatic heterocycles. The van der Waals surface area contributed by atoms with Crippen LogP contribution in [0.3, 0.4) is 0 Å². The van der Waals surface area contributed by atoms with Crippen molar-refractivity contribution in [2.45, 2.75) is 31.9 Å². The van der Waals surface area contributed by atoms with E-state index in [1.807, 2.05) is 37.3 Å². The average Bonchev–Trinajstić information content (AvgIpc) is 3.51. The zero-order valence-electron chi connectivity index (χ0n) is 18.0. The number of alkyl halides is 2. The molecule has 1 aromatic carbocycles. The Hall–Kier alpha value is -3.69. The zero-order valence-corrected chi connectivity index (χ0v) is 18.0. The van der Waals surface area contributed by atoms with Crippen molar-refractivity contribution in [2.75, 3.05) is 24.6 Å². The molecule has 8 nitrogen and oxygen atoms in total. The molecule has 174 valence electrons. The van der Waals surface area contributed by atoms with Gasteiger partial charge in [-0.15, -0.1) is 0 Å². The van der Waals surface area contributed by atoms with Gasteiger partial charge in [-0.3, -0.25) is 4.79 Å². The van der Waals surface area contributed by atoms with Gasteiger partial charge in [-0.05, 0) is 30.7 Å². The summed E-state index contributed by atoms with van der Waals surface area (Å²) in [4.78, 5) is 18.2. The monoisotopic (exact) mass is 458 g/mol. The molecule has 1 unspecified atom stereocenters. The molecule has 0 saturated carbocycles. The van der Waals surface area contributed by atoms with Gasteiger partial charge >= 0.3 is 0 Å². The molecule has 1 fully saturated rings. The van der Waals surface area contributed by atoms with Gasteiger partial charge in [0.05, 0.1) is 18.8 Å². The summed E-state index contributed by atoms with van der Waals surface area (Å²) in [6, 6.07) is 12.3. The summed E-state index contributed by atoms with van der Waals surface area (Å²) in [5, 5.41) is 6.39. The second-order valence-electron chi connectivity index (χ2n) is 7.67. The number of anilines is 1. The minimum atomic E-state index is -2.54. The van der Waals surface area contributed by atoms with E-state index in [1.165, 1.54) is 12.3 Å². The van der Waals surface area contributed by atoms with Gasteiger partial charge in [-0.2, -0.15) is 0 Å². The van der Waals surface area contributed by atoms with Crippen LogP contribution in [0.2, 0.25) is 0 Å². The number of amides is 1. The summed E-state index contributed by atoms with van der Waals surface area (Å²) in [5.41, 5.74) is 1.78. The van der Waals surface area contributed by atoms with E-state index in [1.54, 1.807) is 12.3 Å². The molecule has 3 aromatic rings. The third kappa shape index (κ3) is 5.97. The molecule has 1 amide bonds. The molecular weight excluding hydrogens is 434 g/mol. The van der Waals surface area contributed by atoms with Crippen LogP contribution in [0.15, 0.2) is 59.4 Å². The molecule has 0 radical (unpaired) electrons. The van der Waals surface area contributed by atoms with E-state index in [-0.39, 0.29) is 29.7 Å². The minimum absolute atomic E-state index is 0.0157. The standard InChI is InChI=1S/C23H24F2N4O4/c1-15(28-23(30)20-7-10-27-33-20)16-2-4-18(5-3-16)32-19-8-11-29(13-19)17-6-9-26-22(12-17)31-14-21(24)25/h2-7,9-10,12,15,19,21H,8,11,13-14H2,1H3,(H,28,30)/t15-,19?/m0/s1. The average molecular weight is 458 g/mol. The number of benzene rings is 1. The SMILES string of the molecule is C[C@H](NC(=O)c1ccno1)c1ccc(OC2CCN(c3ccnc(OCC(F)F)c3)C2)cc1. The molecule has 3 heterocycles. The van der Waals surface area contributed by atoms with Crippen molar-refractivity contribution in [3.05, 3.63) is 66.2 Å². The van der Waals surface area contributed by atoms with E-state index in [0.29, 0.717) is 6.54 Å². The Labute approximate surface area is 189 Å². The number of ether oxygens (including phenoxy) is 2. The highest BCUT2D eigenvalue weighted by Gasteiger charge is 2.25. The normalized spacial score (nSPS) is 16.6. The van der Waals surface area contributed by atoms with Crippen molar-refractivity contribution >= 4 is 11.6 Å². The van der Waals surface area contributed by atoms with Gasteiger partial charge in [-0.25, -0.2) is 13.8 Å². The predicted molar refractivity (Wildman–Crippen MR) is 116 cm³/mol. The fourth-order valence-corrected chi connectivity index (χ4v) is 3.59. The van der Waals surface area contributed by atoms with Gasteiger partial charge < -0.3 is 24.2 Å². The lowest BCUT2D eigenvalue weighted by molar-refractivity contribution is 0.0796. The maximum atomic E-state index is 12.4. The Balaban J connectivity index is 1.29. The fourth-order valence-electron chi connectivity index (χ4n) is 3.59. The lowest BCUT2D eigenvalue weighted by atomic mass is 10.1. The summed E-state index contributed by atoms with van der Waals surface area (Å²) in [6.07, 6.45) is 1.23. The molecule has 0 spiro atoms. The van der Waals surface area contributed by atoms with Crippen LogP contribution in [0.1, 0.15) is 35.5 Å². The molecule has 1 aliphatic rings. The smallest absolute Gasteiger partial charge is 0.290 e. The number of hydrogen-bond acceptors (Lipinski definition) is 7. The summed E-state index contributed by atoms with van der Waals surface area (Å²) < 4.78 is 40.7. The number of nitrogens with one attached hydrogen (secondary N) is 1. The zero-order chi connectivity index (χ0) is 23.2. The highest BCUT2D eigenvalue weighted by atomic mass is 19.3. The Kier molecular flexibility index (Phi) is 7.01. The molecule has 1 N–H and O–H groups in total. The number of carbonyl (C=O) groups is 1. The highest BCUT2D eigenvalue weighted by molar-refractivity contribution is 5.91. The lowest BCUT2D eigenvalue weighted by Crippen LogP contribution is -2.26. The van der Waals surface area contributed by atoms with Gasteiger partial charge in [0.2, 0.25) is 11.6 Å². The highest BCUT2D eigenvalue weighted by Crippen LogP contribution is 2.26. The van der Waals surface area contributed by atoms with Gasteiger partial charge in [-0.1, -0.05) is 17.3 Å². The number of aromatic nitrogens is 2. The minimum Gasteiger partial charge on any atom is -0.489 e. The first-order valence-electron chi connectivity index (χ1n) is 10.6. The van der Waals surface area contributed by atoms with E-state index in [4.69, 9.17) is 14.0 Å². The molecule has 10 heteroatoms. The van der Waals surface area contributed by atoms with Crippen molar-refractivity contribution in [1.82, 2.24) is 15.5 Å². The summed E-state index contributed by atoms with van der Waals surface area (Å²) in [5.74, 6) is 0.743. The number of rotatable bonds is 9. The van der Waals surface area contributed by atoms with E-state index in [0.717, 1.165) is 30.0 Å². The van der Waals surface area contributed by atoms with Crippen LogP contribution in [-0.2, 0) is 0 Å². The van der Waals surface area contributed by atoms with Crippen LogP contribution in [0.5, 0.6) is 11.6 Å². The molecule has 0 aliphatic carbocycles. The van der Waals surface area contributed by atoms with Crippen LogP contribution in [0, 0.1) is 0 Å². The van der Waals surface area contributed by atoms with Gasteiger partial charge in [0, 0.05) is 37.0 Å².